The molecule has 4 aromatic rings. The van der Waals surface area contributed by atoms with Crippen molar-refractivity contribution < 1.29 is 9.53 Å². The molecule has 8 heteroatoms. The van der Waals surface area contributed by atoms with Gasteiger partial charge in [0, 0.05) is 28.6 Å². The molecule has 1 aliphatic heterocycles. The molecule has 1 atom stereocenters. The molecule has 2 aromatic heterocycles. The predicted octanol–water partition coefficient (Wildman–Crippen LogP) is 5.05. The molecule has 0 spiro atoms. The Labute approximate surface area is 190 Å². The minimum Gasteiger partial charge on any atom is -0.370 e. The van der Waals surface area contributed by atoms with Crippen LogP contribution >= 0.6 is 11.6 Å². The number of hydrogen-bond acceptors (Lipinski definition) is 4. The molecule has 1 saturated heterocycles. The molecule has 0 bridgehead atoms. The molecule has 0 aliphatic carbocycles. The number of aryl methyl sites for hydroxylation is 1. The van der Waals surface area contributed by atoms with Gasteiger partial charge < -0.3 is 15.0 Å². The fraction of sp³-hybridized carbons (Fsp3) is 0.292. The van der Waals surface area contributed by atoms with E-state index in [9.17, 15) is 4.79 Å². The maximum Gasteiger partial charge on any atom is 0.228 e. The van der Waals surface area contributed by atoms with Gasteiger partial charge in [-0.05, 0) is 69.2 Å². The fourth-order valence-electron chi connectivity index (χ4n) is 4.18. The Morgan fingerprint density at radius 3 is 2.81 bits per heavy atom. The molecule has 2 aromatic carbocycles. The largest absolute Gasteiger partial charge is 0.370 e. The smallest absolute Gasteiger partial charge is 0.228 e. The second-order valence-electron chi connectivity index (χ2n) is 8.12. The highest BCUT2D eigenvalue weighted by molar-refractivity contribution is 6.30. The maximum atomic E-state index is 12.8. The number of nitrogens with zero attached hydrogens (tertiary/aromatic N) is 3. The standard InChI is InChI=1S/C24H24ClN5O2/c1-14-19(15(2)30(29-14)18-8-5-16(25)6-9-18)13-23(31)26-17-7-10-20-21(12-17)28-24(27-20)22-4-3-11-32-22/h5-10,12,22H,3-4,11,13H2,1-2H3,(H,26,31)(H,27,28). The van der Waals surface area contributed by atoms with E-state index in [-0.39, 0.29) is 18.4 Å². The van der Waals surface area contributed by atoms with Crippen LogP contribution in [0.2, 0.25) is 5.02 Å². The average Bonchev–Trinajstić information content (AvgIpc) is 3.50. The number of aromatic amines is 1. The number of rotatable bonds is 5. The van der Waals surface area contributed by atoms with Crippen molar-refractivity contribution in [2.45, 2.75) is 39.2 Å². The van der Waals surface area contributed by atoms with E-state index >= 15 is 0 Å². The molecular weight excluding hydrogens is 426 g/mol. The van der Waals surface area contributed by atoms with E-state index in [1.807, 2.05) is 61.0 Å². The molecule has 32 heavy (non-hydrogen) atoms. The third kappa shape index (κ3) is 4.01. The number of H-pyrrole nitrogens is 1. The molecule has 3 heterocycles. The molecule has 1 amide bonds. The van der Waals surface area contributed by atoms with E-state index in [4.69, 9.17) is 16.3 Å². The number of aromatic nitrogens is 4. The summed E-state index contributed by atoms with van der Waals surface area (Å²) in [5.41, 5.74) is 6.07. The van der Waals surface area contributed by atoms with Crippen molar-refractivity contribution in [3.05, 3.63) is 70.3 Å². The molecule has 2 N–H and O–H groups in total. The summed E-state index contributed by atoms with van der Waals surface area (Å²) in [5, 5.41) is 8.29. The van der Waals surface area contributed by atoms with Crippen molar-refractivity contribution in [3.8, 4) is 5.69 Å². The van der Waals surface area contributed by atoms with E-state index in [0.717, 1.165) is 64.6 Å². The summed E-state index contributed by atoms with van der Waals surface area (Å²) < 4.78 is 7.56. The number of ether oxygens (including phenoxy) is 1. The van der Waals surface area contributed by atoms with Gasteiger partial charge in [-0.15, -0.1) is 0 Å². The zero-order chi connectivity index (χ0) is 22.2. The number of benzene rings is 2. The molecule has 0 radical (unpaired) electrons. The Bertz CT molecular complexity index is 1290. The van der Waals surface area contributed by atoms with Crippen LogP contribution in [0.3, 0.4) is 0 Å². The first-order chi connectivity index (χ1) is 15.5. The Balaban J connectivity index is 1.32. The van der Waals surface area contributed by atoms with Crippen molar-refractivity contribution >= 4 is 34.2 Å². The number of hydrogen-bond donors (Lipinski definition) is 2. The van der Waals surface area contributed by atoms with Gasteiger partial charge in [-0.1, -0.05) is 11.6 Å². The molecule has 1 fully saturated rings. The third-order valence-corrected chi connectivity index (χ3v) is 6.12. The summed E-state index contributed by atoms with van der Waals surface area (Å²) >= 11 is 6.00. The summed E-state index contributed by atoms with van der Waals surface area (Å²) in [6.45, 7) is 4.67. The number of fused-ring (bicyclic) bond motifs is 1. The number of imidazole rings is 1. The van der Waals surface area contributed by atoms with E-state index in [1.54, 1.807) is 0 Å². The Hall–Kier alpha value is -3.16. The van der Waals surface area contributed by atoms with Crippen LogP contribution in [0.25, 0.3) is 16.7 Å². The van der Waals surface area contributed by atoms with Crippen molar-refractivity contribution in [1.82, 2.24) is 19.7 Å². The van der Waals surface area contributed by atoms with E-state index in [2.05, 4.69) is 20.4 Å². The van der Waals surface area contributed by atoms with Gasteiger partial charge in [0.25, 0.3) is 0 Å². The van der Waals surface area contributed by atoms with Crippen LogP contribution in [0.5, 0.6) is 0 Å². The maximum absolute atomic E-state index is 12.8. The molecular formula is C24H24ClN5O2. The van der Waals surface area contributed by atoms with E-state index < -0.39 is 0 Å². The van der Waals surface area contributed by atoms with Crippen LogP contribution in [0, 0.1) is 13.8 Å². The summed E-state index contributed by atoms with van der Waals surface area (Å²) in [6.07, 6.45) is 2.30. The lowest BCUT2D eigenvalue weighted by Gasteiger charge is -2.07. The SMILES string of the molecule is Cc1nn(-c2ccc(Cl)cc2)c(C)c1CC(=O)Nc1ccc2nc(C3CCCO3)[nH]c2c1. The zero-order valence-electron chi connectivity index (χ0n) is 18.0. The quantitative estimate of drug-likeness (QED) is 0.446. The Morgan fingerprint density at radius 1 is 1.25 bits per heavy atom. The highest BCUT2D eigenvalue weighted by Gasteiger charge is 2.21. The summed E-state index contributed by atoms with van der Waals surface area (Å²) in [5.74, 6) is 0.756. The number of carbonyl (C=O) groups is 1. The van der Waals surface area contributed by atoms with Crippen molar-refractivity contribution in [3.63, 3.8) is 0 Å². The van der Waals surface area contributed by atoms with Crippen LogP contribution in [-0.2, 0) is 16.0 Å². The molecule has 164 valence electrons. The topological polar surface area (TPSA) is 84.8 Å². The normalized spacial score (nSPS) is 16.0. The number of anilines is 1. The van der Waals surface area contributed by atoms with Crippen LogP contribution in [0.4, 0.5) is 5.69 Å². The lowest BCUT2D eigenvalue weighted by atomic mass is 10.1. The minimum atomic E-state index is -0.0925. The number of nitrogens with one attached hydrogen (secondary N) is 2. The van der Waals surface area contributed by atoms with Crippen LogP contribution in [0.15, 0.2) is 42.5 Å². The van der Waals surface area contributed by atoms with Gasteiger partial charge in [0.2, 0.25) is 5.91 Å². The third-order valence-electron chi connectivity index (χ3n) is 5.87. The van der Waals surface area contributed by atoms with E-state index in [0.29, 0.717) is 5.02 Å². The Morgan fingerprint density at radius 2 is 2.06 bits per heavy atom. The molecule has 0 saturated carbocycles. The minimum absolute atomic E-state index is 0.0311. The number of carbonyl (C=O) groups excluding carboxylic acids is 1. The number of amides is 1. The Kier molecular flexibility index (Phi) is 5.45. The van der Waals surface area contributed by atoms with Crippen molar-refractivity contribution in [2.75, 3.05) is 11.9 Å². The first-order valence-electron chi connectivity index (χ1n) is 10.7. The average molecular weight is 450 g/mol. The highest BCUT2D eigenvalue weighted by atomic mass is 35.5. The van der Waals surface area contributed by atoms with Crippen molar-refractivity contribution in [2.24, 2.45) is 0 Å². The second kappa shape index (κ2) is 8.41. The van der Waals surface area contributed by atoms with Gasteiger partial charge in [0.05, 0.1) is 28.8 Å². The van der Waals surface area contributed by atoms with Gasteiger partial charge in [0.1, 0.15) is 11.9 Å². The van der Waals surface area contributed by atoms with E-state index in [1.165, 1.54) is 0 Å². The monoisotopic (exact) mass is 449 g/mol. The molecule has 5 rings (SSSR count). The van der Waals surface area contributed by atoms with Crippen LogP contribution in [0.1, 0.15) is 41.7 Å². The summed E-state index contributed by atoms with van der Waals surface area (Å²) in [4.78, 5) is 20.8. The highest BCUT2D eigenvalue weighted by Crippen LogP contribution is 2.29. The van der Waals surface area contributed by atoms with Crippen LogP contribution < -0.4 is 5.32 Å². The molecule has 7 nitrogen and oxygen atoms in total. The zero-order valence-corrected chi connectivity index (χ0v) is 18.7. The lowest BCUT2D eigenvalue weighted by molar-refractivity contribution is -0.115. The van der Waals surface area contributed by atoms with Gasteiger partial charge in [-0.3, -0.25) is 4.79 Å². The van der Waals surface area contributed by atoms with Gasteiger partial charge >= 0.3 is 0 Å². The molecule has 1 aliphatic rings. The van der Waals surface area contributed by atoms with Gasteiger partial charge in [0.15, 0.2) is 0 Å². The van der Waals surface area contributed by atoms with Gasteiger partial charge in [-0.2, -0.15) is 5.10 Å². The second-order valence-corrected chi connectivity index (χ2v) is 8.55. The van der Waals surface area contributed by atoms with Crippen LogP contribution in [-0.4, -0.2) is 32.3 Å². The van der Waals surface area contributed by atoms with Crippen molar-refractivity contribution in [1.29, 1.82) is 0 Å². The fourth-order valence-corrected chi connectivity index (χ4v) is 4.31. The molecule has 1 unspecified atom stereocenters. The predicted molar refractivity (Wildman–Crippen MR) is 124 cm³/mol. The summed E-state index contributed by atoms with van der Waals surface area (Å²) in [6, 6.07) is 13.2. The first kappa shape index (κ1) is 20.7. The lowest BCUT2D eigenvalue weighted by Crippen LogP contribution is -2.15. The van der Waals surface area contributed by atoms with Gasteiger partial charge in [-0.25, -0.2) is 9.67 Å². The summed E-state index contributed by atoms with van der Waals surface area (Å²) in [7, 11) is 0. The first-order valence-corrected chi connectivity index (χ1v) is 11.1. The number of halogens is 1.